The van der Waals surface area contributed by atoms with Gasteiger partial charge in [0, 0.05) is 13.1 Å². The van der Waals surface area contributed by atoms with Crippen molar-refractivity contribution in [2.75, 3.05) is 54.1 Å². The second-order valence-corrected chi connectivity index (χ2v) is 5.52. The number of rotatable bonds is 6. The topological polar surface area (TPSA) is 51.2 Å². The van der Waals surface area contributed by atoms with Crippen LogP contribution in [0.15, 0.2) is 24.3 Å². The number of hydrogen-bond donors (Lipinski definition) is 0. The molecular formula is C16H24N2O4. The number of morpholine rings is 1. The van der Waals surface area contributed by atoms with Crippen LogP contribution in [-0.2, 0) is 9.53 Å². The van der Waals surface area contributed by atoms with Crippen LogP contribution in [0.4, 0.5) is 0 Å². The summed E-state index contributed by atoms with van der Waals surface area (Å²) < 4.78 is 16.3. The molecule has 1 aliphatic rings. The maximum atomic E-state index is 12.4. The molecule has 1 aromatic rings. The lowest BCUT2D eigenvalue weighted by atomic mass is 10.2. The highest BCUT2D eigenvalue weighted by atomic mass is 16.5. The van der Waals surface area contributed by atoms with Gasteiger partial charge in [-0.1, -0.05) is 12.1 Å². The number of nitrogens with zero attached hydrogens (tertiary/aromatic N) is 2. The van der Waals surface area contributed by atoms with Crippen LogP contribution in [0.1, 0.15) is 0 Å². The van der Waals surface area contributed by atoms with E-state index in [9.17, 15) is 4.79 Å². The highest BCUT2D eigenvalue weighted by Crippen LogP contribution is 2.25. The Hall–Kier alpha value is -1.79. The fraction of sp³-hybridized carbons (Fsp3) is 0.562. The quantitative estimate of drug-likeness (QED) is 0.780. The van der Waals surface area contributed by atoms with Crippen molar-refractivity contribution in [3.63, 3.8) is 0 Å². The minimum atomic E-state index is -0.0268. The number of hydrogen-bond acceptors (Lipinski definition) is 5. The zero-order chi connectivity index (χ0) is 15.9. The van der Waals surface area contributed by atoms with E-state index in [2.05, 4.69) is 4.90 Å². The first-order chi connectivity index (χ1) is 10.6. The first-order valence-electron chi connectivity index (χ1n) is 7.39. The normalized spacial score (nSPS) is 18.4. The molecule has 0 saturated carbocycles. The minimum Gasteiger partial charge on any atom is -0.493 e. The summed E-state index contributed by atoms with van der Waals surface area (Å²) in [5.41, 5.74) is 0. The lowest BCUT2D eigenvalue weighted by Gasteiger charge is -2.36. The average molecular weight is 308 g/mol. The summed E-state index contributed by atoms with van der Waals surface area (Å²) in [7, 11) is 5.56. The fourth-order valence-corrected chi connectivity index (χ4v) is 2.52. The van der Waals surface area contributed by atoms with Crippen molar-refractivity contribution in [3.05, 3.63) is 24.3 Å². The summed E-state index contributed by atoms with van der Waals surface area (Å²) in [6.07, 6.45) is 0. The Kier molecular flexibility index (Phi) is 6.03. The highest BCUT2D eigenvalue weighted by molar-refractivity contribution is 5.78. The molecule has 6 nitrogen and oxygen atoms in total. The zero-order valence-corrected chi connectivity index (χ0v) is 13.4. The van der Waals surface area contributed by atoms with Gasteiger partial charge in [-0.25, -0.2) is 0 Å². The second-order valence-electron chi connectivity index (χ2n) is 5.52. The summed E-state index contributed by atoms with van der Waals surface area (Å²) in [4.78, 5) is 16.4. The lowest BCUT2D eigenvalue weighted by Crippen LogP contribution is -2.53. The third kappa shape index (κ3) is 4.35. The third-order valence-electron chi connectivity index (χ3n) is 3.54. The van der Waals surface area contributed by atoms with Crippen molar-refractivity contribution in [1.29, 1.82) is 0 Å². The first kappa shape index (κ1) is 16.6. The Balaban J connectivity index is 1.95. The van der Waals surface area contributed by atoms with E-state index in [-0.39, 0.29) is 18.6 Å². The van der Waals surface area contributed by atoms with Crippen molar-refractivity contribution in [3.8, 4) is 11.5 Å². The van der Waals surface area contributed by atoms with E-state index in [4.69, 9.17) is 14.2 Å². The van der Waals surface area contributed by atoms with E-state index in [0.717, 1.165) is 6.54 Å². The number of amides is 1. The van der Waals surface area contributed by atoms with E-state index < -0.39 is 0 Å². The molecule has 1 aliphatic heterocycles. The molecule has 1 aromatic carbocycles. The summed E-state index contributed by atoms with van der Waals surface area (Å²) in [5.74, 6) is 1.18. The van der Waals surface area contributed by atoms with Crippen LogP contribution in [0.2, 0.25) is 0 Å². The molecule has 0 spiro atoms. The molecule has 1 fully saturated rings. The average Bonchev–Trinajstić information content (AvgIpc) is 2.52. The molecule has 122 valence electrons. The SMILES string of the molecule is COc1ccccc1OCC(=O)N1CCOCC1CN(C)C. The van der Waals surface area contributed by atoms with E-state index in [1.807, 2.05) is 37.2 Å². The van der Waals surface area contributed by atoms with E-state index in [1.165, 1.54) is 0 Å². The third-order valence-corrected chi connectivity index (χ3v) is 3.54. The summed E-state index contributed by atoms with van der Waals surface area (Å²) >= 11 is 0. The van der Waals surface area contributed by atoms with Gasteiger partial charge in [0.15, 0.2) is 18.1 Å². The van der Waals surface area contributed by atoms with Crippen LogP contribution in [-0.4, -0.2) is 75.9 Å². The highest BCUT2D eigenvalue weighted by Gasteiger charge is 2.28. The van der Waals surface area contributed by atoms with Crippen molar-refractivity contribution in [1.82, 2.24) is 9.80 Å². The number of likely N-dealkylation sites (N-methyl/N-ethyl adjacent to an activating group) is 1. The van der Waals surface area contributed by atoms with Gasteiger partial charge in [-0.05, 0) is 26.2 Å². The molecular weight excluding hydrogens is 284 g/mol. The maximum Gasteiger partial charge on any atom is 0.260 e. The molecule has 1 amide bonds. The monoisotopic (exact) mass is 308 g/mol. The molecule has 1 atom stereocenters. The van der Waals surface area contributed by atoms with Crippen LogP contribution >= 0.6 is 0 Å². The van der Waals surface area contributed by atoms with Crippen LogP contribution in [0.3, 0.4) is 0 Å². The molecule has 1 saturated heterocycles. The number of para-hydroxylation sites is 2. The molecule has 0 bridgehead atoms. The molecule has 6 heteroatoms. The van der Waals surface area contributed by atoms with Crippen LogP contribution in [0.25, 0.3) is 0 Å². The van der Waals surface area contributed by atoms with Crippen LogP contribution in [0, 0.1) is 0 Å². The van der Waals surface area contributed by atoms with Gasteiger partial charge in [0.05, 0.1) is 26.4 Å². The van der Waals surface area contributed by atoms with E-state index >= 15 is 0 Å². The Morgan fingerprint density at radius 1 is 1.36 bits per heavy atom. The molecule has 1 unspecified atom stereocenters. The summed E-state index contributed by atoms with van der Waals surface area (Å²) in [5, 5.41) is 0. The van der Waals surface area contributed by atoms with Gasteiger partial charge in [0.1, 0.15) is 0 Å². The van der Waals surface area contributed by atoms with Gasteiger partial charge in [0.25, 0.3) is 5.91 Å². The number of carbonyl (C=O) groups is 1. The molecule has 1 heterocycles. The molecule has 22 heavy (non-hydrogen) atoms. The predicted octanol–water partition coefficient (Wildman–Crippen LogP) is 0.863. The van der Waals surface area contributed by atoms with Crippen molar-refractivity contribution in [2.45, 2.75) is 6.04 Å². The number of methoxy groups -OCH3 is 1. The van der Waals surface area contributed by atoms with Gasteiger partial charge in [0.2, 0.25) is 0 Å². The largest absolute Gasteiger partial charge is 0.493 e. The molecule has 2 rings (SSSR count). The molecule has 0 aliphatic carbocycles. The predicted molar refractivity (Wildman–Crippen MR) is 83.4 cm³/mol. The Morgan fingerprint density at radius 3 is 2.77 bits per heavy atom. The zero-order valence-electron chi connectivity index (χ0n) is 13.4. The number of benzene rings is 1. The van der Waals surface area contributed by atoms with E-state index in [1.54, 1.807) is 13.2 Å². The maximum absolute atomic E-state index is 12.4. The number of ether oxygens (including phenoxy) is 3. The van der Waals surface area contributed by atoms with E-state index in [0.29, 0.717) is 31.3 Å². The van der Waals surface area contributed by atoms with Crippen LogP contribution in [0.5, 0.6) is 11.5 Å². The fourth-order valence-electron chi connectivity index (χ4n) is 2.52. The van der Waals surface area contributed by atoms with Gasteiger partial charge in [-0.15, -0.1) is 0 Å². The molecule has 0 radical (unpaired) electrons. The minimum absolute atomic E-state index is 0.00427. The first-order valence-corrected chi connectivity index (χ1v) is 7.39. The van der Waals surface area contributed by atoms with Gasteiger partial charge in [-0.3, -0.25) is 4.79 Å². The van der Waals surface area contributed by atoms with Gasteiger partial charge in [-0.2, -0.15) is 0 Å². The molecule has 0 N–H and O–H groups in total. The Bertz CT molecular complexity index is 493. The summed E-state index contributed by atoms with van der Waals surface area (Å²) in [6, 6.07) is 7.39. The lowest BCUT2D eigenvalue weighted by molar-refractivity contribution is -0.142. The number of carbonyl (C=O) groups excluding carboxylic acids is 1. The molecule has 0 aromatic heterocycles. The second kappa shape index (κ2) is 8.00. The van der Waals surface area contributed by atoms with Gasteiger partial charge < -0.3 is 24.0 Å². The standard InChI is InChI=1S/C16H24N2O4/c1-17(2)10-13-11-21-9-8-18(13)16(19)12-22-15-7-5-4-6-14(15)20-3/h4-7,13H,8-12H2,1-3H3. The Labute approximate surface area is 131 Å². The van der Waals surface area contributed by atoms with Crippen molar-refractivity contribution >= 4 is 5.91 Å². The summed E-state index contributed by atoms with van der Waals surface area (Å²) in [6.45, 7) is 2.53. The van der Waals surface area contributed by atoms with Crippen molar-refractivity contribution in [2.24, 2.45) is 0 Å². The Morgan fingerprint density at radius 2 is 2.09 bits per heavy atom. The van der Waals surface area contributed by atoms with Gasteiger partial charge >= 0.3 is 0 Å². The smallest absolute Gasteiger partial charge is 0.260 e. The van der Waals surface area contributed by atoms with Crippen LogP contribution < -0.4 is 9.47 Å². The van der Waals surface area contributed by atoms with Crippen molar-refractivity contribution < 1.29 is 19.0 Å².